The molecule has 1 fully saturated rings. The molecule has 0 N–H and O–H groups in total. The molecule has 4 aromatic rings. The van der Waals surface area contributed by atoms with Gasteiger partial charge in [0.15, 0.2) is 0 Å². The van der Waals surface area contributed by atoms with Crippen molar-refractivity contribution in [3.05, 3.63) is 83.6 Å². The summed E-state index contributed by atoms with van der Waals surface area (Å²) in [6.45, 7) is 9.94. The van der Waals surface area contributed by atoms with Crippen molar-refractivity contribution in [2.75, 3.05) is 20.3 Å². The summed E-state index contributed by atoms with van der Waals surface area (Å²) in [5, 5.41) is 0.947. The van der Waals surface area contributed by atoms with Crippen molar-refractivity contribution in [1.29, 1.82) is 0 Å². The highest BCUT2D eigenvalue weighted by molar-refractivity contribution is 6.11. The third kappa shape index (κ3) is 5.28. The molecule has 0 saturated heterocycles. The Hall–Kier alpha value is -3.73. The standard InChI is InChI=1S/C33H37NO4/c1-6-37-32(35)31-29(24-15-17-25(18-16-24)33(2,3)4)30-27(11-8-12-28(30)38-21-22-13-14-22)34(31)20-23-9-7-10-26(19-23)36-5/h7-12,15-19,22H,6,13-14,20-21H2,1-5H3. The minimum absolute atomic E-state index is 0.0292. The summed E-state index contributed by atoms with van der Waals surface area (Å²) in [7, 11) is 1.66. The average Bonchev–Trinajstić information content (AvgIpc) is 3.68. The second kappa shape index (κ2) is 10.6. The molecule has 0 aliphatic heterocycles. The molecule has 0 amide bonds. The van der Waals surface area contributed by atoms with Gasteiger partial charge in [0, 0.05) is 12.1 Å². The van der Waals surface area contributed by atoms with Crippen molar-refractivity contribution in [1.82, 2.24) is 4.57 Å². The zero-order chi connectivity index (χ0) is 26.9. The predicted octanol–water partition coefficient (Wildman–Crippen LogP) is 7.63. The van der Waals surface area contributed by atoms with E-state index in [1.807, 2.05) is 37.3 Å². The van der Waals surface area contributed by atoms with Gasteiger partial charge in [0.2, 0.25) is 0 Å². The fraction of sp³-hybridized carbons (Fsp3) is 0.364. The summed E-state index contributed by atoms with van der Waals surface area (Å²) in [4.78, 5) is 13.6. The van der Waals surface area contributed by atoms with Crippen molar-refractivity contribution >= 4 is 16.9 Å². The summed E-state index contributed by atoms with van der Waals surface area (Å²) >= 11 is 0. The second-order valence-corrected chi connectivity index (χ2v) is 11.1. The predicted molar refractivity (Wildman–Crippen MR) is 152 cm³/mol. The van der Waals surface area contributed by atoms with E-state index >= 15 is 0 Å². The van der Waals surface area contributed by atoms with Gasteiger partial charge in [-0.3, -0.25) is 0 Å². The molecule has 198 valence electrons. The maximum atomic E-state index is 13.6. The smallest absolute Gasteiger partial charge is 0.355 e. The fourth-order valence-corrected chi connectivity index (χ4v) is 4.93. The number of rotatable bonds is 9. The number of ether oxygens (including phenoxy) is 3. The van der Waals surface area contributed by atoms with Gasteiger partial charge in [-0.05, 0) is 72.1 Å². The first-order valence-corrected chi connectivity index (χ1v) is 13.5. The van der Waals surface area contributed by atoms with Crippen LogP contribution >= 0.6 is 0 Å². The van der Waals surface area contributed by atoms with Crippen LogP contribution in [-0.2, 0) is 16.7 Å². The minimum atomic E-state index is -0.338. The lowest BCUT2D eigenvalue weighted by molar-refractivity contribution is 0.0516. The highest BCUT2D eigenvalue weighted by Gasteiger charge is 2.29. The number of carbonyl (C=O) groups is 1. The second-order valence-electron chi connectivity index (χ2n) is 11.1. The zero-order valence-electron chi connectivity index (χ0n) is 23.0. The molecule has 0 atom stereocenters. The van der Waals surface area contributed by atoms with Crippen LogP contribution in [0.3, 0.4) is 0 Å². The molecule has 1 heterocycles. The zero-order valence-corrected chi connectivity index (χ0v) is 23.0. The van der Waals surface area contributed by atoms with Gasteiger partial charge in [-0.25, -0.2) is 4.79 Å². The molecule has 1 aliphatic carbocycles. The van der Waals surface area contributed by atoms with Crippen LogP contribution in [0.2, 0.25) is 0 Å². The molecule has 1 aliphatic rings. The largest absolute Gasteiger partial charge is 0.497 e. The van der Waals surface area contributed by atoms with E-state index in [1.54, 1.807) is 7.11 Å². The Morgan fingerprint density at radius 2 is 1.74 bits per heavy atom. The molecule has 0 bridgehead atoms. The Bertz CT molecular complexity index is 1440. The number of esters is 1. The maximum Gasteiger partial charge on any atom is 0.355 e. The first kappa shape index (κ1) is 25.9. The summed E-state index contributed by atoms with van der Waals surface area (Å²) in [5.74, 6) is 1.86. The van der Waals surface area contributed by atoms with Crippen LogP contribution in [0.5, 0.6) is 11.5 Å². The molecular weight excluding hydrogens is 474 g/mol. The lowest BCUT2D eigenvalue weighted by atomic mass is 9.86. The lowest BCUT2D eigenvalue weighted by Crippen LogP contribution is -2.14. The Kier molecular flexibility index (Phi) is 7.20. The van der Waals surface area contributed by atoms with Crippen LogP contribution < -0.4 is 9.47 Å². The van der Waals surface area contributed by atoms with Crippen molar-refractivity contribution in [3.8, 4) is 22.6 Å². The number of hydrogen-bond donors (Lipinski definition) is 0. The molecule has 5 nitrogen and oxygen atoms in total. The molecule has 5 heteroatoms. The Balaban J connectivity index is 1.75. The highest BCUT2D eigenvalue weighted by atomic mass is 16.5. The van der Waals surface area contributed by atoms with Crippen LogP contribution in [0.1, 0.15) is 62.2 Å². The molecular formula is C33H37NO4. The molecule has 0 unspecified atom stereocenters. The molecule has 1 aromatic heterocycles. The van der Waals surface area contributed by atoms with E-state index in [0.717, 1.165) is 39.1 Å². The Morgan fingerprint density at radius 1 is 1.00 bits per heavy atom. The summed E-state index contributed by atoms with van der Waals surface area (Å²) in [5.41, 5.74) is 5.61. The van der Waals surface area contributed by atoms with Gasteiger partial charge in [-0.1, -0.05) is 63.2 Å². The van der Waals surface area contributed by atoms with Gasteiger partial charge >= 0.3 is 5.97 Å². The number of aromatic nitrogens is 1. The monoisotopic (exact) mass is 511 g/mol. The van der Waals surface area contributed by atoms with E-state index in [0.29, 0.717) is 31.4 Å². The summed E-state index contributed by atoms with van der Waals surface area (Å²) in [6.07, 6.45) is 2.42. The van der Waals surface area contributed by atoms with Crippen LogP contribution in [0.4, 0.5) is 0 Å². The molecule has 1 saturated carbocycles. The summed E-state index contributed by atoms with van der Waals surface area (Å²) < 4.78 is 19.6. The van der Waals surface area contributed by atoms with E-state index < -0.39 is 0 Å². The molecule has 38 heavy (non-hydrogen) atoms. The number of nitrogens with zero attached hydrogens (tertiary/aromatic N) is 1. The van der Waals surface area contributed by atoms with Crippen molar-refractivity contribution < 1.29 is 19.0 Å². The van der Waals surface area contributed by atoms with Crippen LogP contribution in [-0.4, -0.2) is 30.9 Å². The van der Waals surface area contributed by atoms with Gasteiger partial charge in [0.25, 0.3) is 0 Å². The van der Waals surface area contributed by atoms with Gasteiger partial charge in [-0.2, -0.15) is 0 Å². The highest BCUT2D eigenvalue weighted by Crippen LogP contribution is 2.42. The Labute approximate surface area is 225 Å². The third-order valence-electron chi connectivity index (χ3n) is 7.21. The first-order chi connectivity index (χ1) is 18.3. The number of hydrogen-bond acceptors (Lipinski definition) is 4. The number of fused-ring (bicyclic) bond motifs is 1. The summed E-state index contributed by atoms with van der Waals surface area (Å²) in [6, 6.07) is 22.6. The van der Waals surface area contributed by atoms with Crippen LogP contribution in [0, 0.1) is 5.92 Å². The number of carbonyl (C=O) groups excluding carboxylic acids is 1. The fourth-order valence-electron chi connectivity index (χ4n) is 4.93. The van der Waals surface area contributed by atoms with Crippen LogP contribution in [0.15, 0.2) is 66.7 Å². The van der Waals surface area contributed by atoms with Gasteiger partial charge in [0.1, 0.15) is 17.2 Å². The van der Waals surface area contributed by atoms with E-state index in [4.69, 9.17) is 14.2 Å². The first-order valence-electron chi connectivity index (χ1n) is 13.5. The maximum absolute atomic E-state index is 13.6. The lowest BCUT2D eigenvalue weighted by Gasteiger charge is -2.19. The topological polar surface area (TPSA) is 49.7 Å². The third-order valence-corrected chi connectivity index (χ3v) is 7.21. The van der Waals surface area contributed by atoms with Gasteiger partial charge in [0.05, 0.1) is 31.2 Å². The van der Waals surface area contributed by atoms with E-state index in [1.165, 1.54) is 18.4 Å². The van der Waals surface area contributed by atoms with Gasteiger partial charge < -0.3 is 18.8 Å². The van der Waals surface area contributed by atoms with E-state index in [9.17, 15) is 4.79 Å². The Morgan fingerprint density at radius 3 is 2.39 bits per heavy atom. The number of methoxy groups -OCH3 is 1. The minimum Gasteiger partial charge on any atom is -0.497 e. The molecule has 5 rings (SSSR count). The van der Waals surface area contributed by atoms with Crippen molar-refractivity contribution in [3.63, 3.8) is 0 Å². The molecule has 0 spiro atoms. The van der Waals surface area contributed by atoms with Crippen molar-refractivity contribution in [2.24, 2.45) is 5.92 Å². The van der Waals surface area contributed by atoms with Gasteiger partial charge in [-0.15, -0.1) is 0 Å². The molecule has 3 aromatic carbocycles. The van der Waals surface area contributed by atoms with E-state index in [-0.39, 0.29) is 11.4 Å². The average molecular weight is 512 g/mol. The molecule has 0 radical (unpaired) electrons. The van der Waals surface area contributed by atoms with E-state index in [2.05, 4.69) is 61.7 Å². The van der Waals surface area contributed by atoms with Crippen LogP contribution in [0.25, 0.3) is 22.0 Å². The normalized spacial score (nSPS) is 13.5. The van der Waals surface area contributed by atoms with Crippen molar-refractivity contribution in [2.45, 2.75) is 52.5 Å². The quantitative estimate of drug-likeness (QED) is 0.217. The number of benzene rings is 3. The SMILES string of the molecule is CCOC(=O)c1c(-c2ccc(C(C)(C)C)cc2)c2c(OCC3CC3)cccc2n1Cc1cccc(OC)c1.